The van der Waals surface area contributed by atoms with Crippen molar-refractivity contribution in [2.24, 2.45) is 0 Å². The van der Waals surface area contributed by atoms with Crippen molar-refractivity contribution in [2.45, 2.75) is 31.6 Å². The molecule has 1 aromatic heterocycles. The van der Waals surface area contributed by atoms with Gasteiger partial charge >= 0.3 is 0 Å². The number of nitrogens with one attached hydrogen (secondary N) is 1. The molecule has 1 N–H and O–H groups in total. The van der Waals surface area contributed by atoms with E-state index in [9.17, 15) is 4.79 Å². The van der Waals surface area contributed by atoms with Crippen LogP contribution in [-0.4, -0.2) is 67.5 Å². The van der Waals surface area contributed by atoms with Crippen LogP contribution in [0.1, 0.15) is 28.9 Å². The van der Waals surface area contributed by atoms with Crippen molar-refractivity contribution >= 4 is 5.91 Å². The molecule has 7 heteroatoms. The second kappa shape index (κ2) is 10.5. The Morgan fingerprint density at radius 2 is 1.97 bits per heavy atom. The SMILES string of the molecule is O=C(NC[C@H]1COCCO1)c1ccc(OC2CCN(Cc3ccccn3)CC2)cc1. The first-order valence-corrected chi connectivity index (χ1v) is 10.6. The van der Waals surface area contributed by atoms with Gasteiger partial charge in [0, 0.05) is 37.9 Å². The molecule has 7 nitrogen and oxygen atoms in total. The number of pyridine rings is 1. The number of carbonyl (C=O) groups is 1. The van der Waals surface area contributed by atoms with Gasteiger partial charge in [0.2, 0.25) is 0 Å². The van der Waals surface area contributed by atoms with Crippen LogP contribution in [0.25, 0.3) is 0 Å². The van der Waals surface area contributed by atoms with Gasteiger partial charge in [0.1, 0.15) is 11.9 Å². The van der Waals surface area contributed by atoms with Gasteiger partial charge in [0.05, 0.1) is 31.6 Å². The van der Waals surface area contributed by atoms with Crippen LogP contribution in [-0.2, 0) is 16.0 Å². The molecule has 3 heterocycles. The Kier molecular flexibility index (Phi) is 7.29. The van der Waals surface area contributed by atoms with E-state index in [1.165, 1.54) is 0 Å². The number of rotatable bonds is 7. The minimum absolute atomic E-state index is 0.0751. The van der Waals surface area contributed by atoms with E-state index in [0.29, 0.717) is 31.9 Å². The van der Waals surface area contributed by atoms with Crippen molar-refractivity contribution in [2.75, 3.05) is 39.5 Å². The number of hydrogen-bond donors (Lipinski definition) is 1. The molecular weight excluding hydrogens is 382 g/mol. The number of piperidine rings is 1. The summed E-state index contributed by atoms with van der Waals surface area (Å²) < 4.78 is 17.0. The van der Waals surface area contributed by atoms with Crippen molar-refractivity contribution in [3.63, 3.8) is 0 Å². The zero-order chi connectivity index (χ0) is 20.6. The van der Waals surface area contributed by atoms with Gasteiger partial charge in [-0.15, -0.1) is 0 Å². The van der Waals surface area contributed by atoms with Gasteiger partial charge in [-0.2, -0.15) is 0 Å². The fraction of sp³-hybridized carbons (Fsp3) is 0.478. The van der Waals surface area contributed by atoms with E-state index in [0.717, 1.165) is 43.9 Å². The molecule has 2 aliphatic rings. The van der Waals surface area contributed by atoms with Crippen LogP contribution in [0.2, 0.25) is 0 Å². The molecule has 0 saturated carbocycles. The molecule has 2 saturated heterocycles. The van der Waals surface area contributed by atoms with Gasteiger partial charge in [-0.05, 0) is 49.2 Å². The van der Waals surface area contributed by atoms with Gasteiger partial charge in [0.25, 0.3) is 5.91 Å². The van der Waals surface area contributed by atoms with Crippen molar-refractivity contribution in [3.8, 4) is 5.75 Å². The van der Waals surface area contributed by atoms with Crippen molar-refractivity contribution < 1.29 is 19.0 Å². The summed E-state index contributed by atoms with van der Waals surface area (Å²) in [5.74, 6) is 0.692. The molecule has 0 bridgehead atoms. The summed E-state index contributed by atoms with van der Waals surface area (Å²) in [6.45, 7) is 5.05. The van der Waals surface area contributed by atoms with E-state index in [2.05, 4.69) is 21.3 Å². The highest BCUT2D eigenvalue weighted by molar-refractivity contribution is 5.94. The van der Waals surface area contributed by atoms with Crippen molar-refractivity contribution in [1.29, 1.82) is 0 Å². The minimum atomic E-state index is -0.112. The van der Waals surface area contributed by atoms with E-state index in [-0.39, 0.29) is 18.1 Å². The molecular formula is C23H29N3O4. The standard InChI is InChI=1S/C23H29N3O4/c27-23(25-15-22-17-28-13-14-29-22)18-4-6-20(7-5-18)30-21-8-11-26(12-9-21)16-19-3-1-2-10-24-19/h1-7,10,21-22H,8-9,11-17H2,(H,25,27)/t22-/m0/s1. The van der Waals surface area contributed by atoms with Crippen LogP contribution in [0.15, 0.2) is 48.7 Å². The average molecular weight is 412 g/mol. The molecule has 1 amide bonds. The summed E-state index contributed by atoms with van der Waals surface area (Å²) >= 11 is 0. The second-order valence-corrected chi connectivity index (χ2v) is 7.72. The first-order valence-electron chi connectivity index (χ1n) is 10.6. The Morgan fingerprint density at radius 3 is 2.67 bits per heavy atom. The molecule has 0 aliphatic carbocycles. The number of benzene rings is 1. The van der Waals surface area contributed by atoms with Gasteiger partial charge in [-0.25, -0.2) is 0 Å². The predicted molar refractivity (Wildman–Crippen MR) is 112 cm³/mol. The van der Waals surface area contributed by atoms with Crippen LogP contribution in [0.5, 0.6) is 5.75 Å². The van der Waals surface area contributed by atoms with Crippen molar-refractivity contribution in [1.82, 2.24) is 15.2 Å². The molecule has 0 unspecified atom stereocenters. The highest BCUT2D eigenvalue weighted by Gasteiger charge is 2.21. The molecule has 1 aromatic carbocycles. The molecule has 4 rings (SSSR count). The summed E-state index contributed by atoms with van der Waals surface area (Å²) in [6, 6.07) is 13.4. The molecule has 160 valence electrons. The molecule has 0 spiro atoms. The predicted octanol–water partition coefficient (Wildman–Crippen LogP) is 2.27. The van der Waals surface area contributed by atoms with E-state index in [1.807, 2.05) is 30.5 Å². The Bertz CT molecular complexity index is 786. The first kappa shape index (κ1) is 20.8. The molecule has 2 fully saturated rings. The summed E-state index contributed by atoms with van der Waals surface area (Å²) in [4.78, 5) is 19.1. The topological polar surface area (TPSA) is 72.9 Å². The maximum atomic E-state index is 12.3. The fourth-order valence-corrected chi connectivity index (χ4v) is 3.75. The monoisotopic (exact) mass is 411 g/mol. The number of likely N-dealkylation sites (tertiary alicyclic amines) is 1. The third kappa shape index (κ3) is 6.01. The van der Waals surface area contributed by atoms with E-state index >= 15 is 0 Å². The number of hydrogen-bond acceptors (Lipinski definition) is 6. The normalized spacial score (nSPS) is 20.6. The Morgan fingerprint density at radius 1 is 1.13 bits per heavy atom. The van der Waals surface area contributed by atoms with E-state index in [1.54, 1.807) is 12.1 Å². The van der Waals surface area contributed by atoms with Gasteiger partial charge in [-0.3, -0.25) is 14.7 Å². The number of amides is 1. The highest BCUT2D eigenvalue weighted by Crippen LogP contribution is 2.20. The third-order valence-corrected chi connectivity index (χ3v) is 5.44. The van der Waals surface area contributed by atoms with Crippen LogP contribution in [0.3, 0.4) is 0 Å². The Labute approximate surface area is 177 Å². The molecule has 2 aliphatic heterocycles. The lowest BCUT2D eigenvalue weighted by molar-refractivity contribution is -0.0855. The van der Waals surface area contributed by atoms with Gasteiger partial charge < -0.3 is 19.5 Å². The molecule has 2 aromatic rings. The van der Waals surface area contributed by atoms with Crippen molar-refractivity contribution in [3.05, 3.63) is 59.9 Å². The van der Waals surface area contributed by atoms with Crippen LogP contribution in [0.4, 0.5) is 0 Å². The summed E-state index contributed by atoms with van der Waals surface area (Å²) in [5, 5.41) is 2.90. The molecule has 0 radical (unpaired) electrons. The third-order valence-electron chi connectivity index (χ3n) is 5.44. The van der Waals surface area contributed by atoms with Crippen LogP contribution < -0.4 is 10.1 Å². The van der Waals surface area contributed by atoms with Crippen LogP contribution >= 0.6 is 0 Å². The number of aromatic nitrogens is 1. The lowest BCUT2D eigenvalue weighted by Crippen LogP contribution is -2.39. The Balaban J connectivity index is 1.19. The summed E-state index contributed by atoms with van der Waals surface area (Å²) in [5.41, 5.74) is 1.72. The highest BCUT2D eigenvalue weighted by atomic mass is 16.6. The minimum Gasteiger partial charge on any atom is -0.490 e. The largest absolute Gasteiger partial charge is 0.490 e. The van der Waals surface area contributed by atoms with Gasteiger partial charge in [0.15, 0.2) is 0 Å². The second-order valence-electron chi connectivity index (χ2n) is 7.72. The molecule has 30 heavy (non-hydrogen) atoms. The number of ether oxygens (including phenoxy) is 3. The number of carbonyl (C=O) groups excluding carboxylic acids is 1. The maximum Gasteiger partial charge on any atom is 0.251 e. The zero-order valence-electron chi connectivity index (χ0n) is 17.2. The first-order chi connectivity index (χ1) is 14.8. The summed E-state index contributed by atoms with van der Waals surface area (Å²) in [7, 11) is 0. The lowest BCUT2D eigenvalue weighted by Gasteiger charge is -2.31. The Hall–Kier alpha value is -2.48. The lowest BCUT2D eigenvalue weighted by atomic mass is 10.1. The maximum absolute atomic E-state index is 12.3. The molecule has 1 atom stereocenters. The summed E-state index contributed by atoms with van der Waals surface area (Å²) in [6.07, 6.45) is 3.94. The van der Waals surface area contributed by atoms with Crippen LogP contribution in [0, 0.1) is 0 Å². The van der Waals surface area contributed by atoms with E-state index in [4.69, 9.17) is 14.2 Å². The average Bonchev–Trinajstić information content (AvgIpc) is 2.81. The number of nitrogens with zero attached hydrogens (tertiary/aromatic N) is 2. The quantitative estimate of drug-likeness (QED) is 0.754. The van der Waals surface area contributed by atoms with Gasteiger partial charge in [-0.1, -0.05) is 6.07 Å². The van der Waals surface area contributed by atoms with E-state index < -0.39 is 0 Å². The zero-order valence-corrected chi connectivity index (χ0v) is 17.2. The smallest absolute Gasteiger partial charge is 0.251 e. The fourth-order valence-electron chi connectivity index (χ4n) is 3.75.